The number of piperidine rings is 1. The average Bonchev–Trinajstić information content (AvgIpc) is 3.80. The van der Waals surface area contributed by atoms with Gasteiger partial charge in [0.2, 0.25) is 10.0 Å². The highest BCUT2D eigenvalue weighted by molar-refractivity contribution is 7.90. The molecule has 3 aromatic rings. The number of aromatic nitrogens is 5. The quantitative estimate of drug-likeness (QED) is 0.271. The molecule has 6 rings (SSSR count). The second-order valence-electron chi connectivity index (χ2n) is 12.5. The van der Waals surface area contributed by atoms with Crippen molar-refractivity contribution in [2.24, 2.45) is 17.8 Å². The molecule has 3 aromatic heterocycles. The Morgan fingerprint density at radius 1 is 0.957 bits per heavy atom. The van der Waals surface area contributed by atoms with Crippen LogP contribution in [-0.2, 0) is 20.0 Å². The van der Waals surface area contributed by atoms with Crippen LogP contribution in [0.25, 0.3) is 11.4 Å². The Kier molecular flexibility index (Phi) is 9.60. The van der Waals surface area contributed by atoms with Crippen LogP contribution in [0.1, 0.15) is 56.9 Å². The Bertz CT molecular complexity index is 1820. The number of nitrogens with zero attached hydrogens (tertiary/aromatic N) is 6. The van der Waals surface area contributed by atoms with Crippen molar-refractivity contribution in [2.45, 2.75) is 56.6 Å². The van der Waals surface area contributed by atoms with E-state index in [-0.39, 0.29) is 17.8 Å². The van der Waals surface area contributed by atoms with Crippen LogP contribution in [0.5, 0.6) is 0 Å². The smallest absolute Gasteiger partial charge is 0.256 e. The maximum absolute atomic E-state index is 12.6. The zero-order valence-corrected chi connectivity index (χ0v) is 27.5. The first-order chi connectivity index (χ1) is 22.1. The molecule has 0 spiro atoms. The van der Waals surface area contributed by atoms with Crippen LogP contribution in [0, 0.1) is 29.6 Å². The van der Waals surface area contributed by atoms with Crippen molar-refractivity contribution in [1.29, 1.82) is 0 Å². The molecule has 15 heteroatoms. The maximum Gasteiger partial charge on any atom is 0.256 e. The van der Waals surface area contributed by atoms with Crippen LogP contribution in [0.15, 0.2) is 36.9 Å². The molecule has 2 aliphatic carbocycles. The second kappa shape index (κ2) is 13.6. The fraction of sp³-hybridized carbons (Fsp3) is 0.548. The molecular weight excluding hydrogens is 629 g/mol. The summed E-state index contributed by atoms with van der Waals surface area (Å²) >= 11 is 0. The summed E-state index contributed by atoms with van der Waals surface area (Å²) in [5, 5.41) is 20.0. The topological polar surface area (TPSA) is 172 Å². The zero-order chi connectivity index (χ0) is 32.3. The molecule has 4 heterocycles. The summed E-state index contributed by atoms with van der Waals surface area (Å²) in [6, 6.07) is 3.61. The van der Waals surface area contributed by atoms with Crippen LogP contribution in [0.2, 0.25) is 0 Å². The molecule has 13 nitrogen and oxygen atoms in total. The van der Waals surface area contributed by atoms with Crippen molar-refractivity contribution in [3.63, 3.8) is 0 Å². The third-order valence-electron chi connectivity index (χ3n) is 8.98. The normalized spacial score (nSPS) is 21.3. The minimum atomic E-state index is -3.49. The molecule has 2 saturated carbocycles. The third kappa shape index (κ3) is 7.86. The summed E-state index contributed by atoms with van der Waals surface area (Å²) in [5.74, 6) is 9.00. The molecule has 0 unspecified atom stereocenters. The summed E-state index contributed by atoms with van der Waals surface area (Å²) in [6.07, 6.45) is 14.3. The van der Waals surface area contributed by atoms with E-state index in [1.54, 1.807) is 18.5 Å². The Morgan fingerprint density at radius 3 is 2.39 bits per heavy atom. The van der Waals surface area contributed by atoms with Gasteiger partial charge in [0.1, 0.15) is 11.6 Å². The Labute approximate surface area is 270 Å². The standard InChI is InChI=1S/C31H40N8O5S2/c1-45(41,42)38-14-11-22(12-15-38)6-7-25-18-34-30(16-28(25)33-17-23-2-4-24(21-40)5-3-23)36-29-10-13-32-31(37-29)26-19-35-39(20-26)46(43,44)27-8-9-27/h10,13,16,18-20,22-24,27,40H,2-5,8-9,11-12,14-15,17,21H2,1H3,(H2,32,33,34,36,37). The number of nitrogens with one attached hydrogen (secondary N) is 2. The number of pyridine rings is 1. The monoisotopic (exact) mass is 668 g/mol. The predicted molar refractivity (Wildman–Crippen MR) is 175 cm³/mol. The van der Waals surface area contributed by atoms with Gasteiger partial charge in [-0.1, -0.05) is 11.8 Å². The lowest BCUT2D eigenvalue weighted by Gasteiger charge is -2.28. The zero-order valence-electron chi connectivity index (χ0n) is 25.8. The Hall–Kier alpha value is -3.58. The van der Waals surface area contributed by atoms with Gasteiger partial charge in [0, 0.05) is 50.6 Å². The van der Waals surface area contributed by atoms with Gasteiger partial charge in [-0.05, 0) is 69.3 Å². The van der Waals surface area contributed by atoms with E-state index in [1.165, 1.54) is 23.0 Å². The van der Waals surface area contributed by atoms with Crippen molar-refractivity contribution >= 4 is 37.4 Å². The summed E-state index contributed by atoms with van der Waals surface area (Å²) in [5.41, 5.74) is 2.09. The molecule has 1 saturated heterocycles. The minimum Gasteiger partial charge on any atom is -0.396 e. The van der Waals surface area contributed by atoms with E-state index < -0.39 is 20.0 Å². The highest BCUT2D eigenvalue weighted by Crippen LogP contribution is 2.31. The number of rotatable bonds is 10. The van der Waals surface area contributed by atoms with Crippen LogP contribution >= 0.6 is 0 Å². The number of aliphatic hydroxyl groups excluding tert-OH is 1. The maximum atomic E-state index is 12.6. The Balaban J connectivity index is 1.18. The molecule has 1 aliphatic heterocycles. The van der Waals surface area contributed by atoms with Gasteiger partial charge in [-0.3, -0.25) is 0 Å². The van der Waals surface area contributed by atoms with E-state index >= 15 is 0 Å². The summed E-state index contributed by atoms with van der Waals surface area (Å²) in [4.78, 5) is 13.5. The summed E-state index contributed by atoms with van der Waals surface area (Å²) in [6.45, 7) is 1.96. The van der Waals surface area contributed by atoms with Crippen molar-refractivity contribution in [3.05, 3.63) is 42.5 Å². The molecule has 46 heavy (non-hydrogen) atoms. The van der Waals surface area contributed by atoms with Crippen LogP contribution in [-0.4, -0.2) is 88.1 Å². The summed E-state index contributed by atoms with van der Waals surface area (Å²) in [7, 11) is -6.68. The van der Waals surface area contributed by atoms with Crippen molar-refractivity contribution in [2.75, 3.05) is 43.1 Å². The van der Waals surface area contributed by atoms with Crippen molar-refractivity contribution < 1.29 is 21.9 Å². The van der Waals surface area contributed by atoms with Crippen molar-refractivity contribution in [3.8, 4) is 23.2 Å². The van der Waals surface area contributed by atoms with Gasteiger partial charge in [0.25, 0.3) is 10.0 Å². The van der Waals surface area contributed by atoms with E-state index in [4.69, 9.17) is 0 Å². The Morgan fingerprint density at radius 2 is 1.70 bits per heavy atom. The third-order valence-corrected chi connectivity index (χ3v) is 12.3. The van der Waals surface area contributed by atoms with Crippen LogP contribution in [0.4, 0.5) is 17.3 Å². The molecule has 0 radical (unpaired) electrons. The van der Waals surface area contributed by atoms with Gasteiger partial charge >= 0.3 is 0 Å². The molecule has 3 N–H and O–H groups in total. The van der Waals surface area contributed by atoms with Crippen molar-refractivity contribution in [1.82, 2.24) is 28.4 Å². The van der Waals surface area contributed by atoms with Gasteiger partial charge in [-0.2, -0.15) is 9.19 Å². The molecule has 3 aliphatic rings. The molecule has 0 aromatic carbocycles. The van der Waals surface area contributed by atoms with Gasteiger partial charge in [0.05, 0.1) is 40.7 Å². The SMILES string of the molecule is CS(=O)(=O)N1CCC(C#Cc2cnc(Nc3ccnc(-c4cnn(S(=O)(=O)C5CC5)c4)n3)cc2NCC2CCC(CO)CC2)CC1. The number of aliphatic hydroxyl groups is 1. The highest BCUT2D eigenvalue weighted by Gasteiger charge is 2.37. The van der Waals surface area contributed by atoms with E-state index in [9.17, 15) is 21.9 Å². The van der Waals surface area contributed by atoms with Gasteiger partial charge in [0.15, 0.2) is 5.82 Å². The first-order valence-corrected chi connectivity index (χ1v) is 19.1. The van der Waals surface area contributed by atoms with E-state index in [1.807, 2.05) is 6.07 Å². The molecule has 246 valence electrons. The van der Waals surface area contributed by atoms with Gasteiger partial charge in [-0.25, -0.2) is 36.1 Å². The second-order valence-corrected chi connectivity index (χ2v) is 16.6. The first-order valence-electron chi connectivity index (χ1n) is 15.8. The van der Waals surface area contributed by atoms with Crippen LogP contribution in [0.3, 0.4) is 0 Å². The minimum absolute atomic E-state index is 0.0977. The van der Waals surface area contributed by atoms with Gasteiger partial charge < -0.3 is 15.7 Å². The highest BCUT2D eigenvalue weighted by atomic mass is 32.2. The lowest BCUT2D eigenvalue weighted by atomic mass is 9.82. The largest absolute Gasteiger partial charge is 0.396 e. The van der Waals surface area contributed by atoms with E-state index in [2.05, 4.69) is 42.5 Å². The average molecular weight is 669 g/mol. The van der Waals surface area contributed by atoms with Gasteiger partial charge in [-0.15, -0.1) is 0 Å². The predicted octanol–water partition coefficient (Wildman–Crippen LogP) is 3.05. The fourth-order valence-corrected chi connectivity index (χ4v) is 8.28. The van der Waals surface area contributed by atoms with E-state index in [0.717, 1.165) is 47.6 Å². The molecule has 0 atom stereocenters. The lowest BCUT2D eigenvalue weighted by molar-refractivity contribution is 0.170. The number of hydrogen-bond donors (Lipinski definition) is 3. The molecule has 0 bridgehead atoms. The number of sulfonamides is 1. The molecule has 3 fully saturated rings. The van der Waals surface area contributed by atoms with E-state index in [0.29, 0.717) is 73.6 Å². The molecular formula is C31H40N8O5S2. The first kappa shape index (κ1) is 32.4. The van der Waals surface area contributed by atoms with Crippen LogP contribution < -0.4 is 10.6 Å². The number of hydrogen-bond acceptors (Lipinski definition) is 11. The number of anilines is 3. The fourth-order valence-electron chi connectivity index (χ4n) is 5.93. The summed E-state index contributed by atoms with van der Waals surface area (Å²) < 4.78 is 51.4. The molecule has 0 amide bonds. The lowest BCUT2D eigenvalue weighted by Crippen LogP contribution is -2.37.